The van der Waals surface area contributed by atoms with Crippen LogP contribution in [0.4, 0.5) is 0 Å². The Morgan fingerprint density at radius 1 is 1.05 bits per heavy atom. The molecule has 1 aromatic rings. The maximum atomic E-state index is 5.76. The van der Waals surface area contributed by atoms with Gasteiger partial charge in [0, 0.05) is 22.4 Å². The molecule has 3 rings (SSSR count). The van der Waals surface area contributed by atoms with Gasteiger partial charge < -0.3 is 9.47 Å². The van der Waals surface area contributed by atoms with Crippen LogP contribution in [0.5, 0.6) is 11.5 Å². The van der Waals surface area contributed by atoms with Gasteiger partial charge in [-0.15, -0.1) is 11.8 Å². The van der Waals surface area contributed by atoms with E-state index < -0.39 is 0 Å². The van der Waals surface area contributed by atoms with E-state index in [0.29, 0.717) is 5.41 Å². The zero-order valence-electron chi connectivity index (χ0n) is 11.7. The highest BCUT2D eigenvalue weighted by molar-refractivity contribution is 9.09. The lowest BCUT2D eigenvalue weighted by Gasteiger charge is -2.26. The predicted molar refractivity (Wildman–Crippen MR) is 87.5 cm³/mol. The number of fused-ring (bicyclic) bond motifs is 1. The molecule has 0 atom stereocenters. The smallest absolute Gasteiger partial charge is 0.162 e. The molecule has 1 aromatic carbocycles. The molecular weight excluding hydrogens is 336 g/mol. The summed E-state index contributed by atoms with van der Waals surface area (Å²) in [6.45, 7) is 1.51. The normalized spacial score (nSPS) is 20.6. The number of benzene rings is 1. The molecule has 1 aliphatic heterocycles. The number of ether oxygens (including phenoxy) is 2. The maximum absolute atomic E-state index is 5.76. The highest BCUT2D eigenvalue weighted by Gasteiger charge is 2.32. The molecule has 1 aliphatic carbocycles. The van der Waals surface area contributed by atoms with Crippen molar-refractivity contribution in [2.24, 2.45) is 5.41 Å². The van der Waals surface area contributed by atoms with Crippen LogP contribution < -0.4 is 9.47 Å². The average molecular weight is 357 g/mol. The summed E-state index contributed by atoms with van der Waals surface area (Å²) in [6, 6.07) is 6.36. The van der Waals surface area contributed by atoms with Crippen LogP contribution in [0.25, 0.3) is 0 Å². The summed E-state index contributed by atoms with van der Waals surface area (Å²) in [5, 5.41) is 1.12. The predicted octanol–water partition coefficient (Wildman–Crippen LogP) is 4.90. The Morgan fingerprint density at radius 2 is 1.80 bits per heavy atom. The number of rotatable bonds is 4. The lowest BCUT2D eigenvalue weighted by Crippen LogP contribution is -2.21. The van der Waals surface area contributed by atoms with Crippen molar-refractivity contribution < 1.29 is 9.47 Å². The van der Waals surface area contributed by atoms with Crippen LogP contribution in [0.3, 0.4) is 0 Å². The first-order chi connectivity index (χ1) is 9.81. The van der Waals surface area contributed by atoms with Crippen LogP contribution in [0.1, 0.15) is 32.1 Å². The molecule has 20 heavy (non-hydrogen) atoms. The van der Waals surface area contributed by atoms with Crippen LogP contribution in [0.2, 0.25) is 0 Å². The molecule has 1 saturated carbocycles. The molecule has 0 N–H and O–H groups in total. The third-order valence-corrected chi connectivity index (χ3v) is 6.75. The molecule has 0 spiro atoms. The molecule has 2 nitrogen and oxygen atoms in total. The van der Waals surface area contributed by atoms with Crippen molar-refractivity contribution in [3.8, 4) is 11.5 Å². The Morgan fingerprint density at radius 3 is 2.55 bits per heavy atom. The van der Waals surface area contributed by atoms with Crippen LogP contribution in [0, 0.1) is 5.41 Å². The fourth-order valence-corrected chi connectivity index (χ4v) is 5.15. The summed E-state index contributed by atoms with van der Waals surface area (Å²) in [5.41, 5.74) is 0.495. The maximum Gasteiger partial charge on any atom is 0.162 e. The molecule has 0 aromatic heterocycles. The number of alkyl halides is 1. The van der Waals surface area contributed by atoms with Crippen LogP contribution in [-0.4, -0.2) is 24.3 Å². The summed E-state index contributed by atoms with van der Waals surface area (Å²) in [7, 11) is 0. The van der Waals surface area contributed by atoms with Gasteiger partial charge in [0.15, 0.2) is 11.5 Å². The Kier molecular flexibility index (Phi) is 4.82. The molecule has 2 aliphatic rings. The third kappa shape index (κ3) is 3.28. The van der Waals surface area contributed by atoms with Gasteiger partial charge in [-0.05, 0) is 36.5 Å². The molecule has 0 bridgehead atoms. The second kappa shape index (κ2) is 6.61. The number of halogens is 1. The largest absolute Gasteiger partial charge is 0.490 e. The number of thioether (sulfide) groups is 1. The van der Waals surface area contributed by atoms with E-state index in [0.717, 1.165) is 36.5 Å². The molecule has 110 valence electrons. The van der Waals surface area contributed by atoms with Gasteiger partial charge in [-0.3, -0.25) is 0 Å². The number of hydrogen-bond acceptors (Lipinski definition) is 3. The molecule has 0 radical (unpaired) electrons. The van der Waals surface area contributed by atoms with E-state index in [1.165, 1.54) is 36.3 Å². The van der Waals surface area contributed by atoms with E-state index in [1.54, 1.807) is 0 Å². The lowest BCUT2D eigenvalue weighted by molar-refractivity contribution is 0.297. The molecule has 0 amide bonds. The fourth-order valence-electron chi connectivity index (χ4n) is 2.91. The van der Waals surface area contributed by atoms with Crippen molar-refractivity contribution in [3.05, 3.63) is 18.2 Å². The first kappa shape index (κ1) is 14.6. The van der Waals surface area contributed by atoms with Crippen LogP contribution in [-0.2, 0) is 0 Å². The molecule has 1 heterocycles. The molecule has 0 saturated heterocycles. The van der Waals surface area contributed by atoms with Crippen molar-refractivity contribution >= 4 is 27.7 Å². The van der Waals surface area contributed by atoms with Gasteiger partial charge in [0.25, 0.3) is 0 Å². The summed E-state index contributed by atoms with van der Waals surface area (Å²) < 4.78 is 11.4. The van der Waals surface area contributed by atoms with Gasteiger partial charge >= 0.3 is 0 Å². The Hall–Kier alpha value is -0.350. The van der Waals surface area contributed by atoms with Crippen molar-refractivity contribution in [2.75, 3.05) is 24.3 Å². The second-order valence-electron chi connectivity index (χ2n) is 5.79. The van der Waals surface area contributed by atoms with E-state index in [4.69, 9.17) is 9.47 Å². The second-order valence-corrected chi connectivity index (χ2v) is 7.40. The first-order valence-electron chi connectivity index (χ1n) is 7.40. The van der Waals surface area contributed by atoms with Gasteiger partial charge in [-0.2, -0.15) is 0 Å². The summed E-state index contributed by atoms with van der Waals surface area (Å²) in [6.07, 6.45) is 6.44. The van der Waals surface area contributed by atoms with E-state index in [1.807, 2.05) is 11.8 Å². The minimum Gasteiger partial charge on any atom is -0.490 e. The molecule has 4 heteroatoms. The van der Waals surface area contributed by atoms with Gasteiger partial charge in [0.05, 0.1) is 13.2 Å². The monoisotopic (exact) mass is 356 g/mol. The quantitative estimate of drug-likeness (QED) is 0.564. The zero-order valence-corrected chi connectivity index (χ0v) is 14.1. The van der Waals surface area contributed by atoms with Gasteiger partial charge in [0.1, 0.15) is 0 Å². The van der Waals surface area contributed by atoms with Crippen molar-refractivity contribution in [1.82, 2.24) is 0 Å². The van der Waals surface area contributed by atoms with Crippen molar-refractivity contribution in [1.29, 1.82) is 0 Å². The summed E-state index contributed by atoms with van der Waals surface area (Å²) in [5.74, 6) is 2.99. The standard InChI is InChI=1S/C16H21BrO2S/c17-11-16(6-1-2-7-16)12-20-13-4-5-14-15(10-13)19-9-3-8-18-14/h4-5,10H,1-3,6-9,11-12H2. The topological polar surface area (TPSA) is 18.5 Å². The average Bonchev–Trinajstić information content (AvgIpc) is 2.84. The summed E-state index contributed by atoms with van der Waals surface area (Å²) >= 11 is 5.67. The van der Waals surface area contributed by atoms with Crippen LogP contribution >= 0.6 is 27.7 Å². The van der Waals surface area contributed by atoms with E-state index in [-0.39, 0.29) is 0 Å². The highest BCUT2D eigenvalue weighted by atomic mass is 79.9. The first-order valence-corrected chi connectivity index (χ1v) is 9.50. The van der Waals surface area contributed by atoms with Crippen molar-refractivity contribution in [2.45, 2.75) is 37.0 Å². The van der Waals surface area contributed by atoms with Crippen molar-refractivity contribution in [3.63, 3.8) is 0 Å². The third-order valence-electron chi connectivity index (χ3n) is 4.21. The Bertz CT molecular complexity index is 458. The van der Waals surface area contributed by atoms with Crippen LogP contribution in [0.15, 0.2) is 23.1 Å². The van der Waals surface area contributed by atoms with Gasteiger partial charge in [-0.1, -0.05) is 28.8 Å². The van der Waals surface area contributed by atoms with Gasteiger partial charge in [-0.25, -0.2) is 0 Å². The molecule has 1 fully saturated rings. The minimum absolute atomic E-state index is 0.495. The summed E-state index contributed by atoms with van der Waals surface area (Å²) in [4.78, 5) is 1.29. The Balaban J connectivity index is 1.67. The zero-order chi connectivity index (χ0) is 13.8. The van der Waals surface area contributed by atoms with E-state index >= 15 is 0 Å². The molecule has 0 unspecified atom stereocenters. The fraction of sp³-hybridized carbons (Fsp3) is 0.625. The molecular formula is C16H21BrO2S. The SMILES string of the molecule is BrCC1(CSc2ccc3c(c2)OCCCO3)CCCC1. The Labute approximate surface area is 133 Å². The number of hydrogen-bond donors (Lipinski definition) is 0. The van der Waals surface area contributed by atoms with E-state index in [9.17, 15) is 0 Å². The van der Waals surface area contributed by atoms with Gasteiger partial charge in [0.2, 0.25) is 0 Å². The highest BCUT2D eigenvalue weighted by Crippen LogP contribution is 2.44. The van der Waals surface area contributed by atoms with E-state index in [2.05, 4.69) is 34.1 Å². The lowest BCUT2D eigenvalue weighted by atomic mass is 9.92. The minimum atomic E-state index is 0.495.